The second kappa shape index (κ2) is 4.81. The molecule has 0 atom stereocenters. The Morgan fingerprint density at radius 2 is 2.16 bits per heavy atom. The molecule has 1 aromatic heterocycles. The third kappa shape index (κ3) is 2.34. The third-order valence-electron chi connectivity index (χ3n) is 3.33. The Morgan fingerprint density at radius 3 is 3.00 bits per heavy atom. The molecule has 3 rings (SSSR count). The Morgan fingerprint density at radius 1 is 1.32 bits per heavy atom. The van der Waals surface area contributed by atoms with Gasteiger partial charge in [0.15, 0.2) is 0 Å². The molecule has 0 saturated heterocycles. The lowest BCUT2D eigenvalue weighted by molar-refractivity contribution is 0.0694. The molecule has 2 heterocycles. The summed E-state index contributed by atoms with van der Waals surface area (Å²) < 4.78 is 1.89. The number of benzene rings is 1. The fourth-order valence-corrected chi connectivity index (χ4v) is 2.36. The van der Waals surface area contributed by atoms with Gasteiger partial charge in [-0.2, -0.15) is 5.10 Å². The number of rotatable bonds is 3. The van der Waals surface area contributed by atoms with Gasteiger partial charge >= 0.3 is 5.97 Å². The van der Waals surface area contributed by atoms with Crippen molar-refractivity contribution in [3.63, 3.8) is 0 Å². The number of hydrogen-bond donors (Lipinski definition) is 1. The van der Waals surface area contributed by atoms with Crippen molar-refractivity contribution in [3.8, 4) is 0 Å². The van der Waals surface area contributed by atoms with E-state index in [2.05, 4.69) is 15.0 Å². The molecule has 1 aliphatic heterocycles. The van der Waals surface area contributed by atoms with Gasteiger partial charge in [0.2, 0.25) is 0 Å². The van der Waals surface area contributed by atoms with E-state index in [-0.39, 0.29) is 0 Å². The highest BCUT2D eigenvalue weighted by atomic mass is 16.4. The van der Waals surface area contributed by atoms with Gasteiger partial charge < -0.3 is 5.11 Å². The standard InChI is InChI=1S/C13H14N4O2/c18-13(19)11-4-2-1-3-10(11)7-16-5-6-17-12(8-16)14-9-15-17/h1-4,9H,5-8H2,(H,18,19). The number of carboxylic acid groups (broad SMARTS) is 1. The van der Waals surface area contributed by atoms with Crippen LogP contribution in [0.15, 0.2) is 30.6 Å². The van der Waals surface area contributed by atoms with Crippen LogP contribution in [0.5, 0.6) is 0 Å². The lowest BCUT2D eigenvalue weighted by Crippen LogP contribution is -2.34. The summed E-state index contributed by atoms with van der Waals surface area (Å²) in [7, 11) is 0. The van der Waals surface area contributed by atoms with Crippen LogP contribution in [0.4, 0.5) is 0 Å². The molecule has 0 amide bonds. The van der Waals surface area contributed by atoms with E-state index >= 15 is 0 Å². The fourth-order valence-electron chi connectivity index (χ4n) is 2.36. The monoisotopic (exact) mass is 258 g/mol. The van der Waals surface area contributed by atoms with Gasteiger partial charge in [-0.3, -0.25) is 4.90 Å². The van der Waals surface area contributed by atoms with Crippen molar-refractivity contribution in [1.82, 2.24) is 19.7 Å². The number of aromatic carboxylic acids is 1. The number of carboxylic acids is 1. The van der Waals surface area contributed by atoms with Crippen LogP contribution in [-0.2, 0) is 19.6 Å². The lowest BCUT2D eigenvalue weighted by Gasteiger charge is -2.26. The van der Waals surface area contributed by atoms with Crippen LogP contribution in [0.3, 0.4) is 0 Å². The summed E-state index contributed by atoms with van der Waals surface area (Å²) in [5.74, 6) is 0.0508. The zero-order valence-corrected chi connectivity index (χ0v) is 10.4. The smallest absolute Gasteiger partial charge is 0.336 e. The zero-order valence-electron chi connectivity index (χ0n) is 10.4. The topological polar surface area (TPSA) is 71.2 Å². The zero-order chi connectivity index (χ0) is 13.2. The molecule has 0 bridgehead atoms. The predicted molar refractivity (Wildman–Crippen MR) is 67.5 cm³/mol. The fraction of sp³-hybridized carbons (Fsp3) is 0.308. The van der Waals surface area contributed by atoms with Crippen LogP contribution in [-0.4, -0.2) is 37.3 Å². The molecule has 1 aliphatic rings. The average Bonchev–Trinajstić information content (AvgIpc) is 2.86. The van der Waals surface area contributed by atoms with Crippen LogP contribution >= 0.6 is 0 Å². The first-order chi connectivity index (χ1) is 9.24. The second-order valence-electron chi connectivity index (χ2n) is 4.57. The molecule has 0 unspecified atom stereocenters. The summed E-state index contributed by atoms with van der Waals surface area (Å²) >= 11 is 0. The minimum atomic E-state index is -0.879. The van der Waals surface area contributed by atoms with Crippen molar-refractivity contribution in [2.45, 2.75) is 19.6 Å². The van der Waals surface area contributed by atoms with E-state index in [4.69, 9.17) is 0 Å². The Labute approximate surface area is 110 Å². The van der Waals surface area contributed by atoms with Gasteiger partial charge in [0.25, 0.3) is 0 Å². The van der Waals surface area contributed by atoms with Gasteiger partial charge in [-0.15, -0.1) is 0 Å². The third-order valence-corrected chi connectivity index (χ3v) is 3.33. The highest BCUT2D eigenvalue weighted by molar-refractivity contribution is 5.89. The van der Waals surface area contributed by atoms with E-state index in [0.29, 0.717) is 18.7 Å². The molecule has 0 radical (unpaired) electrons. The Kier molecular flexibility index (Phi) is 3.00. The van der Waals surface area contributed by atoms with Crippen molar-refractivity contribution in [3.05, 3.63) is 47.5 Å². The summed E-state index contributed by atoms with van der Waals surface area (Å²) in [5, 5.41) is 13.3. The van der Waals surface area contributed by atoms with E-state index in [1.54, 1.807) is 18.5 Å². The van der Waals surface area contributed by atoms with E-state index in [1.165, 1.54) is 0 Å². The minimum absolute atomic E-state index is 0.370. The quantitative estimate of drug-likeness (QED) is 0.889. The second-order valence-corrected chi connectivity index (χ2v) is 4.57. The van der Waals surface area contributed by atoms with Gasteiger partial charge in [-0.05, 0) is 11.6 Å². The van der Waals surface area contributed by atoms with Crippen LogP contribution in [0.2, 0.25) is 0 Å². The van der Waals surface area contributed by atoms with E-state index in [0.717, 1.165) is 24.5 Å². The molecule has 98 valence electrons. The van der Waals surface area contributed by atoms with Crippen LogP contribution in [0.1, 0.15) is 21.7 Å². The maximum Gasteiger partial charge on any atom is 0.336 e. The Bertz CT molecular complexity index is 608. The Balaban J connectivity index is 1.78. The normalized spacial score (nSPS) is 15.2. The molecule has 1 aromatic carbocycles. The first-order valence-electron chi connectivity index (χ1n) is 6.14. The molecule has 6 heteroatoms. The largest absolute Gasteiger partial charge is 0.478 e. The Hall–Kier alpha value is -2.21. The van der Waals surface area contributed by atoms with Crippen LogP contribution in [0, 0.1) is 0 Å². The van der Waals surface area contributed by atoms with E-state index < -0.39 is 5.97 Å². The highest BCUT2D eigenvalue weighted by Crippen LogP contribution is 2.16. The SMILES string of the molecule is O=C(O)c1ccccc1CN1CCn2ncnc2C1. The molecular formula is C13H14N4O2. The summed E-state index contributed by atoms with van der Waals surface area (Å²) in [4.78, 5) is 17.6. The highest BCUT2D eigenvalue weighted by Gasteiger charge is 2.19. The maximum absolute atomic E-state index is 11.2. The summed E-state index contributed by atoms with van der Waals surface area (Å²) in [6.07, 6.45) is 1.56. The number of hydrogen-bond acceptors (Lipinski definition) is 4. The molecule has 0 fully saturated rings. The minimum Gasteiger partial charge on any atom is -0.478 e. The number of nitrogens with zero attached hydrogens (tertiary/aromatic N) is 4. The maximum atomic E-state index is 11.2. The van der Waals surface area contributed by atoms with Crippen molar-refractivity contribution < 1.29 is 9.90 Å². The molecule has 0 aliphatic carbocycles. The van der Waals surface area contributed by atoms with Crippen molar-refractivity contribution in [1.29, 1.82) is 0 Å². The predicted octanol–water partition coefficient (Wildman–Crippen LogP) is 0.992. The van der Waals surface area contributed by atoms with Crippen LogP contribution in [0.25, 0.3) is 0 Å². The number of fused-ring (bicyclic) bond motifs is 1. The van der Waals surface area contributed by atoms with Gasteiger partial charge in [0.1, 0.15) is 12.2 Å². The first-order valence-corrected chi connectivity index (χ1v) is 6.14. The number of carbonyl (C=O) groups is 1. The number of aromatic nitrogens is 3. The molecule has 2 aromatic rings. The van der Waals surface area contributed by atoms with Gasteiger partial charge in [0, 0.05) is 13.1 Å². The molecule has 19 heavy (non-hydrogen) atoms. The molecule has 6 nitrogen and oxygen atoms in total. The lowest BCUT2D eigenvalue weighted by atomic mass is 10.1. The average molecular weight is 258 g/mol. The van der Waals surface area contributed by atoms with Crippen molar-refractivity contribution >= 4 is 5.97 Å². The molecule has 0 spiro atoms. The summed E-state index contributed by atoms with van der Waals surface area (Å²) in [6.45, 7) is 2.97. The molecule has 1 N–H and O–H groups in total. The first kappa shape index (κ1) is 11.9. The van der Waals surface area contributed by atoms with Gasteiger partial charge in [-0.25, -0.2) is 14.5 Å². The van der Waals surface area contributed by atoms with E-state index in [9.17, 15) is 9.90 Å². The van der Waals surface area contributed by atoms with Crippen LogP contribution < -0.4 is 0 Å². The summed E-state index contributed by atoms with van der Waals surface area (Å²) in [6, 6.07) is 7.13. The molecule has 0 saturated carbocycles. The van der Waals surface area contributed by atoms with Gasteiger partial charge in [0.05, 0.1) is 18.7 Å². The van der Waals surface area contributed by atoms with Crippen molar-refractivity contribution in [2.75, 3.05) is 6.54 Å². The summed E-state index contributed by atoms with van der Waals surface area (Å²) in [5.41, 5.74) is 1.21. The molecular weight excluding hydrogens is 244 g/mol. The van der Waals surface area contributed by atoms with Crippen molar-refractivity contribution in [2.24, 2.45) is 0 Å². The van der Waals surface area contributed by atoms with Gasteiger partial charge in [-0.1, -0.05) is 18.2 Å². The van der Waals surface area contributed by atoms with E-state index in [1.807, 2.05) is 16.8 Å².